The first-order valence-electron chi connectivity index (χ1n) is 7.80. The van der Waals surface area contributed by atoms with Crippen LogP contribution >= 0.6 is 0 Å². The van der Waals surface area contributed by atoms with Gasteiger partial charge in [-0.1, -0.05) is 48.5 Å². The number of nitrogens with zero attached hydrogens (tertiary/aromatic N) is 1. The molecule has 1 heterocycles. The van der Waals surface area contributed by atoms with Gasteiger partial charge in [0.2, 0.25) is 0 Å². The monoisotopic (exact) mass is 328 g/mol. The molecule has 0 bridgehead atoms. The Labute approximate surface area is 147 Å². The summed E-state index contributed by atoms with van der Waals surface area (Å²) in [6.07, 6.45) is 0. The third kappa shape index (κ3) is 3.07. The van der Waals surface area contributed by atoms with Gasteiger partial charge in [-0.25, -0.2) is 4.98 Å². The highest BCUT2D eigenvalue weighted by Crippen LogP contribution is 2.24. The quantitative estimate of drug-likeness (QED) is 0.509. The van der Waals surface area contributed by atoms with Gasteiger partial charge in [-0.15, -0.1) is 0 Å². The van der Waals surface area contributed by atoms with E-state index in [1.807, 2.05) is 55.5 Å². The Morgan fingerprint density at radius 2 is 1.54 bits per heavy atom. The molecule has 0 aliphatic heterocycles. The summed E-state index contributed by atoms with van der Waals surface area (Å²) in [5.74, 6) is 1.60. The first kappa shape index (κ1) is 15.0. The Morgan fingerprint density at radius 1 is 0.750 bits per heavy atom. The Kier molecular flexibility index (Phi) is 4.08. The minimum atomic E-state index is -0.657. The van der Waals surface area contributed by atoms with E-state index in [9.17, 15) is 0 Å². The van der Waals surface area contributed by atoms with Crippen LogP contribution in [-0.2, 0) is 0 Å². The second kappa shape index (κ2) is 6.53. The number of benzene rings is 3. The number of hydrogen-bond acceptors (Lipinski definition) is 3. The molecule has 1 aromatic heterocycles. The molecule has 0 saturated heterocycles. The van der Waals surface area contributed by atoms with Crippen LogP contribution < -0.4 is 7.58 Å². The van der Waals surface area contributed by atoms with E-state index in [0.717, 1.165) is 33.5 Å². The van der Waals surface area contributed by atoms with E-state index >= 15 is 0 Å². The fourth-order valence-electron chi connectivity index (χ4n) is 2.68. The molecule has 24 heavy (non-hydrogen) atoms. The highest BCUT2D eigenvalue weighted by Gasteiger charge is 2.10. The summed E-state index contributed by atoms with van der Waals surface area (Å²) in [6, 6.07) is 24.3. The predicted molar refractivity (Wildman–Crippen MR) is 97.4 cm³/mol. The average Bonchev–Trinajstić information content (AvgIpc) is 2.62. The molecule has 3 nitrogen and oxygen atoms in total. The van der Waals surface area contributed by atoms with Crippen LogP contribution in [0.3, 0.4) is 0 Å². The normalized spacial score (nSPS) is 10.7. The number of aryl methyl sites for hydroxylation is 1. The topological polar surface area (TPSA) is 31.4 Å². The summed E-state index contributed by atoms with van der Waals surface area (Å²) in [5.41, 5.74) is 1.86. The molecular formula is C20H15AlNO2. The van der Waals surface area contributed by atoms with Crippen molar-refractivity contribution in [1.82, 2.24) is 4.98 Å². The van der Waals surface area contributed by atoms with Gasteiger partial charge in [0, 0.05) is 11.1 Å². The van der Waals surface area contributed by atoms with Crippen LogP contribution in [0.15, 0.2) is 72.8 Å². The Balaban J connectivity index is 1.51. The molecule has 4 heteroatoms. The summed E-state index contributed by atoms with van der Waals surface area (Å²) in [7, 11) is 0. The summed E-state index contributed by atoms with van der Waals surface area (Å²) >= 11 is -0.657. The molecule has 0 saturated carbocycles. The largest absolute Gasteiger partial charge is 0.881 e. The summed E-state index contributed by atoms with van der Waals surface area (Å²) < 4.78 is 11.7. The molecule has 4 aromatic rings. The third-order valence-corrected chi connectivity index (χ3v) is 4.62. The summed E-state index contributed by atoms with van der Waals surface area (Å²) in [4.78, 5) is 4.57. The molecule has 1 radical (unpaired) electrons. The number of pyridine rings is 1. The molecule has 0 amide bonds. The van der Waals surface area contributed by atoms with Crippen LogP contribution in [0, 0.1) is 6.92 Å². The van der Waals surface area contributed by atoms with Gasteiger partial charge in [-0.2, -0.15) is 0 Å². The van der Waals surface area contributed by atoms with E-state index in [2.05, 4.69) is 29.2 Å². The smallest absolute Gasteiger partial charge is 0.616 e. The molecule has 0 fully saturated rings. The van der Waals surface area contributed by atoms with Gasteiger partial charge in [0.15, 0.2) is 0 Å². The van der Waals surface area contributed by atoms with Crippen LogP contribution in [0.1, 0.15) is 5.69 Å². The van der Waals surface area contributed by atoms with Crippen molar-refractivity contribution >= 4 is 37.6 Å². The van der Waals surface area contributed by atoms with Crippen molar-refractivity contribution < 1.29 is 7.58 Å². The maximum atomic E-state index is 5.89. The third-order valence-electron chi connectivity index (χ3n) is 3.90. The van der Waals surface area contributed by atoms with Gasteiger partial charge in [0.1, 0.15) is 11.3 Å². The van der Waals surface area contributed by atoms with E-state index in [0.29, 0.717) is 0 Å². The van der Waals surface area contributed by atoms with Gasteiger partial charge >= 0.3 is 15.9 Å². The highest BCUT2D eigenvalue weighted by atomic mass is 27.2. The maximum absolute atomic E-state index is 5.89. The molecule has 0 unspecified atom stereocenters. The van der Waals surface area contributed by atoms with Crippen LogP contribution in [0.2, 0.25) is 0 Å². The number of fused-ring (bicyclic) bond motifs is 2. The lowest BCUT2D eigenvalue weighted by atomic mass is 10.1. The maximum Gasteiger partial charge on any atom is 0.881 e. The lowest BCUT2D eigenvalue weighted by molar-refractivity contribution is 0.461. The molecule has 0 aliphatic rings. The highest BCUT2D eigenvalue weighted by molar-refractivity contribution is 6.21. The molecule has 0 atom stereocenters. The number of rotatable bonds is 4. The van der Waals surface area contributed by atoms with Crippen molar-refractivity contribution in [2.75, 3.05) is 0 Å². The van der Waals surface area contributed by atoms with Crippen LogP contribution in [0.5, 0.6) is 11.5 Å². The molecule has 0 aliphatic carbocycles. The first-order chi connectivity index (χ1) is 11.8. The van der Waals surface area contributed by atoms with Crippen molar-refractivity contribution in [1.29, 1.82) is 0 Å². The van der Waals surface area contributed by atoms with Crippen LogP contribution in [0.4, 0.5) is 0 Å². The summed E-state index contributed by atoms with van der Waals surface area (Å²) in [6.45, 7) is 1.98. The van der Waals surface area contributed by atoms with Crippen molar-refractivity contribution in [3.05, 3.63) is 78.5 Å². The molecule has 115 valence electrons. The molecule has 0 N–H and O–H groups in total. The molecule has 0 spiro atoms. The fourth-order valence-corrected chi connectivity index (χ4v) is 3.28. The van der Waals surface area contributed by atoms with E-state index in [-0.39, 0.29) is 0 Å². The van der Waals surface area contributed by atoms with E-state index in [1.54, 1.807) is 0 Å². The Bertz CT molecular complexity index is 1020. The van der Waals surface area contributed by atoms with Gasteiger partial charge < -0.3 is 7.58 Å². The zero-order valence-corrected chi connectivity index (χ0v) is 14.4. The van der Waals surface area contributed by atoms with E-state index in [1.165, 1.54) is 5.39 Å². The predicted octanol–water partition coefficient (Wildman–Crippen LogP) is 4.69. The van der Waals surface area contributed by atoms with E-state index in [4.69, 9.17) is 7.58 Å². The van der Waals surface area contributed by atoms with Crippen LogP contribution in [-0.4, -0.2) is 20.9 Å². The molecule has 3 aromatic carbocycles. The zero-order chi connectivity index (χ0) is 16.4. The summed E-state index contributed by atoms with van der Waals surface area (Å²) in [5, 5.41) is 3.44. The number of hydrogen-bond donors (Lipinski definition) is 0. The number of para-hydroxylation sites is 1. The molecule has 4 rings (SSSR count). The molecular weight excluding hydrogens is 313 g/mol. The van der Waals surface area contributed by atoms with Crippen molar-refractivity contribution in [3.8, 4) is 11.5 Å². The average molecular weight is 328 g/mol. The Hall–Kier alpha value is -2.54. The van der Waals surface area contributed by atoms with Crippen molar-refractivity contribution in [3.63, 3.8) is 0 Å². The second-order valence-electron chi connectivity index (χ2n) is 5.62. The Morgan fingerprint density at radius 3 is 2.46 bits per heavy atom. The lowest BCUT2D eigenvalue weighted by Gasteiger charge is -2.11. The lowest BCUT2D eigenvalue weighted by Crippen LogP contribution is -2.11. The van der Waals surface area contributed by atoms with Gasteiger partial charge in [0.25, 0.3) is 0 Å². The van der Waals surface area contributed by atoms with Gasteiger partial charge in [-0.3, -0.25) is 0 Å². The SMILES string of the molecule is Cc1ccc2cccc([O][Al][O]c3ccc4ccccc4c3)c2n1. The van der Waals surface area contributed by atoms with Gasteiger partial charge in [0.05, 0.1) is 5.75 Å². The minimum Gasteiger partial charge on any atom is -0.616 e. The zero-order valence-electron chi connectivity index (χ0n) is 13.3. The second-order valence-corrected chi connectivity index (χ2v) is 6.29. The van der Waals surface area contributed by atoms with Crippen molar-refractivity contribution in [2.24, 2.45) is 0 Å². The van der Waals surface area contributed by atoms with Gasteiger partial charge in [-0.05, 0) is 42.0 Å². The standard InChI is InChI=1S/C10H9NO.C10H8O.Al/c1-7-5-6-8-3-2-4-9(12)10(8)11-7;11-10-6-5-8-3-1-2-4-9(8)7-10;/h2-6,12H,1H3;1-7,11H;/q;;+2/p-2. The first-order valence-corrected chi connectivity index (χ1v) is 8.74. The number of aromatic nitrogens is 1. The van der Waals surface area contributed by atoms with Crippen LogP contribution in [0.25, 0.3) is 21.7 Å². The van der Waals surface area contributed by atoms with E-state index < -0.39 is 15.9 Å². The minimum absolute atomic E-state index is 0.657. The fraction of sp³-hybridized carbons (Fsp3) is 0.0500. The van der Waals surface area contributed by atoms with Crippen molar-refractivity contribution in [2.45, 2.75) is 6.92 Å².